The van der Waals surface area contributed by atoms with Crippen molar-refractivity contribution in [2.24, 2.45) is 0 Å². The molecular weight excluding hydrogens is 404 g/mol. The number of aryl methyl sites for hydroxylation is 1. The van der Waals surface area contributed by atoms with Gasteiger partial charge in [-0.3, -0.25) is 9.62 Å². The zero-order valence-corrected chi connectivity index (χ0v) is 19.0. The number of nitrogens with zero attached hydrogens (tertiary/aromatic N) is 1. The first-order valence-corrected chi connectivity index (χ1v) is 11.9. The fraction of sp³-hybridized carbons (Fsp3) is 0.231. The summed E-state index contributed by atoms with van der Waals surface area (Å²) in [6.45, 7) is 7.69. The highest BCUT2D eigenvalue weighted by Gasteiger charge is 2.22. The molecule has 0 fully saturated rings. The Balaban J connectivity index is 2.01. The molecule has 3 rings (SSSR count). The van der Waals surface area contributed by atoms with Crippen molar-refractivity contribution in [2.75, 3.05) is 17.8 Å². The topological polar surface area (TPSA) is 49.4 Å². The molecule has 0 aliphatic rings. The lowest BCUT2D eigenvalue weighted by Crippen LogP contribution is -2.28. The number of hydrogen-bond acceptors (Lipinski definition) is 3. The summed E-state index contributed by atoms with van der Waals surface area (Å²) < 4.78 is 28.8. The monoisotopic (exact) mass is 432 g/mol. The van der Waals surface area contributed by atoms with Gasteiger partial charge in [-0.1, -0.05) is 79.8 Å². The van der Waals surface area contributed by atoms with Gasteiger partial charge in [-0.05, 0) is 50.3 Å². The van der Waals surface area contributed by atoms with Gasteiger partial charge in [-0.2, -0.15) is 0 Å². The van der Waals surface area contributed by atoms with E-state index in [9.17, 15) is 8.42 Å². The minimum atomic E-state index is -3.71. The van der Waals surface area contributed by atoms with Crippen LogP contribution in [0.1, 0.15) is 36.6 Å². The smallest absolute Gasteiger partial charge is 0.261 e. The van der Waals surface area contributed by atoms with E-state index in [-0.39, 0.29) is 10.9 Å². The van der Waals surface area contributed by atoms with Crippen LogP contribution in [-0.2, 0) is 10.0 Å². The molecule has 31 heavy (non-hydrogen) atoms. The van der Waals surface area contributed by atoms with Crippen molar-refractivity contribution < 1.29 is 8.42 Å². The number of benzene rings is 3. The summed E-state index contributed by atoms with van der Waals surface area (Å²) >= 11 is 0. The minimum Gasteiger partial charge on any atom is -0.287 e. The SMILES string of the molecule is CCN(CC)[C@@H](C#Cc1ccccc1)c1ccccc1NS(=O)(=O)c1ccc(C)cc1. The predicted molar refractivity (Wildman–Crippen MR) is 127 cm³/mol. The molecule has 0 aliphatic carbocycles. The van der Waals surface area contributed by atoms with Crippen molar-refractivity contribution in [3.05, 3.63) is 95.6 Å². The number of hydrogen-bond donors (Lipinski definition) is 1. The van der Waals surface area contributed by atoms with E-state index < -0.39 is 10.0 Å². The fourth-order valence-electron chi connectivity index (χ4n) is 3.38. The van der Waals surface area contributed by atoms with Crippen LogP contribution >= 0.6 is 0 Å². The molecule has 4 nitrogen and oxygen atoms in total. The Morgan fingerprint density at radius 2 is 1.48 bits per heavy atom. The molecule has 0 radical (unpaired) electrons. The van der Waals surface area contributed by atoms with Crippen LogP contribution in [0.5, 0.6) is 0 Å². The van der Waals surface area contributed by atoms with Crippen LogP contribution in [0, 0.1) is 18.8 Å². The molecule has 0 heterocycles. The second-order valence-corrected chi connectivity index (χ2v) is 8.95. The first-order valence-electron chi connectivity index (χ1n) is 10.4. The molecule has 5 heteroatoms. The Hall–Kier alpha value is -3.07. The highest BCUT2D eigenvalue weighted by Crippen LogP contribution is 2.29. The normalized spacial score (nSPS) is 12.1. The summed E-state index contributed by atoms with van der Waals surface area (Å²) in [6.07, 6.45) is 0. The van der Waals surface area contributed by atoms with Crippen molar-refractivity contribution in [1.82, 2.24) is 4.90 Å². The quantitative estimate of drug-likeness (QED) is 0.520. The van der Waals surface area contributed by atoms with E-state index in [0.29, 0.717) is 5.69 Å². The number of nitrogens with one attached hydrogen (secondary N) is 1. The van der Waals surface area contributed by atoms with Gasteiger partial charge < -0.3 is 0 Å². The molecule has 3 aromatic rings. The second-order valence-electron chi connectivity index (χ2n) is 7.26. The molecular formula is C26H28N2O2S. The van der Waals surface area contributed by atoms with Crippen molar-refractivity contribution >= 4 is 15.7 Å². The van der Waals surface area contributed by atoms with Gasteiger partial charge in [0.1, 0.15) is 0 Å². The summed E-state index contributed by atoms with van der Waals surface area (Å²) in [5.74, 6) is 6.62. The van der Waals surface area contributed by atoms with Gasteiger partial charge in [0.2, 0.25) is 0 Å². The maximum Gasteiger partial charge on any atom is 0.261 e. The van der Waals surface area contributed by atoms with E-state index in [2.05, 4.69) is 35.3 Å². The van der Waals surface area contributed by atoms with E-state index in [1.165, 1.54) is 0 Å². The zero-order valence-electron chi connectivity index (χ0n) is 18.2. The van der Waals surface area contributed by atoms with Crippen LogP contribution in [0.3, 0.4) is 0 Å². The third kappa shape index (κ3) is 5.75. The Labute approximate surface area is 186 Å². The van der Waals surface area contributed by atoms with Gasteiger partial charge >= 0.3 is 0 Å². The standard InChI is InChI=1S/C26H28N2O2S/c1-4-28(5-2)26(20-17-22-11-7-6-8-12-22)24-13-9-10-14-25(24)27-31(29,30)23-18-15-21(3)16-19-23/h6-16,18-19,26-27H,4-5H2,1-3H3/t26-/m0/s1. The average molecular weight is 433 g/mol. The Bertz CT molecular complexity index is 1160. The van der Waals surface area contributed by atoms with E-state index >= 15 is 0 Å². The first-order chi connectivity index (χ1) is 14.9. The van der Waals surface area contributed by atoms with Gasteiger partial charge in [-0.15, -0.1) is 0 Å². The van der Waals surface area contributed by atoms with Crippen LogP contribution < -0.4 is 4.72 Å². The molecule has 0 aliphatic heterocycles. The third-order valence-corrected chi connectivity index (χ3v) is 6.52. The summed E-state index contributed by atoms with van der Waals surface area (Å²) in [6, 6.07) is 23.9. The summed E-state index contributed by atoms with van der Waals surface area (Å²) in [5.41, 5.74) is 3.32. The maximum atomic E-state index is 13.0. The summed E-state index contributed by atoms with van der Waals surface area (Å²) in [7, 11) is -3.71. The van der Waals surface area contributed by atoms with Gasteiger partial charge in [0, 0.05) is 11.1 Å². The van der Waals surface area contributed by atoms with Crippen LogP contribution in [-0.4, -0.2) is 26.4 Å². The summed E-state index contributed by atoms with van der Waals surface area (Å²) in [5, 5.41) is 0. The predicted octanol–water partition coefficient (Wildman–Crippen LogP) is 5.23. The fourth-order valence-corrected chi connectivity index (χ4v) is 4.46. The van der Waals surface area contributed by atoms with Gasteiger partial charge in [0.05, 0.1) is 16.6 Å². The van der Waals surface area contributed by atoms with Crippen LogP contribution in [0.4, 0.5) is 5.69 Å². The van der Waals surface area contributed by atoms with E-state index in [4.69, 9.17) is 0 Å². The Kier molecular flexibility index (Phi) is 7.51. The molecule has 0 aromatic heterocycles. The number of sulfonamides is 1. The molecule has 1 N–H and O–H groups in total. The van der Waals surface area contributed by atoms with Crippen LogP contribution in [0.2, 0.25) is 0 Å². The summed E-state index contributed by atoms with van der Waals surface area (Å²) in [4.78, 5) is 2.46. The van der Waals surface area contributed by atoms with Crippen LogP contribution in [0.15, 0.2) is 83.8 Å². The van der Waals surface area contributed by atoms with Crippen molar-refractivity contribution in [2.45, 2.75) is 31.7 Å². The van der Waals surface area contributed by atoms with Gasteiger partial charge in [0.25, 0.3) is 10.0 Å². The highest BCUT2D eigenvalue weighted by molar-refractivity contribution is 7.92. The lowest BCUT2D eigenvalue weighted by atomic mass is 10.0. The van der Waals surface area contributed by atoms with Gasteiger partial charge in [0.15, 0.2) is 0 Å². The second kappa shape index (κ2) is 10.3. The van der Waals surface area contributed by atoms with E-state index in [0.717, 1.165) is 29.8 Å². The largest absolute Gasteiger partial charge is 0.287 e. The minimum absolute atomic E-state index is 0.239. The highest BCUT2D eigenvalue weighted by atomic mass is 32.2. The molecule has 0 saturated carbocycles. The molecule has 3 aromatic carbocycles. The van der Waals surface area contributed by atoms with E-state index in [1.54, 1.807) is 30.3 Å². The van der Waals surface area contributed by atoms with Crippen LogP contribution in [0.25, 0.3) is 0 Å². The van der Waals surface area contributed by atoms with Gasteiger partial charge in [-0.25, -0.2) is 8.42 Å². The van der Waals surface area contributed by atoms with Crippen molar-refractivity contribution in [1.29, 1.82) is 0 Å². The first kappa shape index (κ1) is 22.6. The van der Waals surface area contributed by atoms with Crippen molar-refractivity contribution in [3.8, 4) is 11.8 Å². The molecule has 0 saturated heterocycles. The molecule has 0 bridgehead atoms. The third-order valence-electron chi connectivity index (χ3n) is 5.14. The number of anilines is 1. The lowest BCUT2D eigenvalue weighted by Gasteiger charge is -2.27. The molecule has 160 valence electrons. The number of para-hydroxylation sites is 1. The molecule has 0 unspecified atom stereocenters. The maximum absolute atomic E-state index is 13.0. The zero-order chi connectivity index (χ0) is 22.3. The number of rotatable bonds is 7. The lowest BCUT2D eigenvalue weighted by molar-refractivity contribution is 0.265. The Morgan fingerprint density at radius 3 is 2.13 bits per heavy atom. The Morgan fingerprint density at radius 1 is 0.871 bits per heavy atom. The van der Waals surface area contributed by atoms with Crippen molar-refractivity contribution in [3.63, 3.8) is 0 Å². The molecule has 1 atom stereocenters. The molecule has 0 amide bonds. The molecule has 0 spiro atoms. The van der Waals surface area contributed by atoms with E-state index in [1.807, 2.05) is 55.5 Å². The average Bonchev–Trinajstić information content (AvgIpc) is 2.78.